The summed E-state index contributed by atoms with van der Waals surface area (Å²) in [6.07, 6.45) is -3.95. The van der Waals surface area contributed by atoms with Crippen molar-refractivity contribution in [3.8, 4) is 17.2 Å². The molecule has 1 aliphatic heterocycles. The molecule has 0 aromatic heterocycles. The molecule has 0 aliphatic carbocycles. The second kappa shape index (κ2) is 12.2. The maximum atomic E-state index is 13.8. The number of alkyl halides is 3. The fourth-order valence-electron chi connectivity index (χ4n) is 4.46. The molecule has 40 heavy (non-hydrogen) atoms. The van der Waals surface area contributed by atoms with Gasteiger partial charge in [-0.05, 0) is 42.2 Å². The van der Waals surface area contributed by atoms with Crippen molar-refractivity contribution in [1.29, 1.82) is 0 Å². The number of halogens is 4. The summed E-state index contributed by atoms with van der Waals surface area (Å²) in [5.74, 6) is -0.766. The minimum Gasteiger partial charge on any atom is -0.497 e. The van der Waals surface area contributed by atoms with Gasteiger partial charge in [-0.2, -0.15) is 0 Å². The number of carboxylic acids is 1. The molecular weight excluding hydrogens is 532 g/mol. The lowest BCUT2D eigenvalue weighted by molar-refractivity contribution is -0.274. The van der Waals surface area contributed by atoms with Gasteiger partial charge in [-0.1, -0.05) is 24.8 Å². The number of nitrogens with zero attached hydrogens (tertiary/aromatic N) is 1. The third-order valence-electron chi connectivity index (χ3n) is 6.30. The highest BCUT2D eigenvalue weighted by Crippen LogP contribution is 2.40. The average molecular weight is 561 g/mol. The summed E-state index contributed by atoms with van der Waals surface area (Å²) >= 11 is 0. The van der Waals surface area contributed by atoms with E-state index in [1.165, 1.54) is 31.4 Å². The molecule has 0 spiro atoms. The van der Waals surface area contributed by atoms with Gasteiger partial charge in [0.15, 0.2) is 0 Å². The number of rotatable bonds is 12. The summed E-state index contributed by atoms with van der Waals surface area (Å²) in [4.78, 5) is 12.6. The molecule has 4 rings (SSSR count). The molecule has 1 aliphatic rings. The molecule has 1 unspecified atom stereocenters. The van der Waals surface area contributed by atoms with E-state index in [-0.39, 0.29) is 18.8 Å². The van der Waals surface area contributed by atoms with Gasteiger partial charge in [-0.25, -0.2) is 4.39 Å². The number of benzene rings is 3. The normalized spacial score (nSPS) is 13.4. The molecule has 0 fully saturated rings. The van der Waals surface area contributed by atoms with Crippen LogP contribution in [0.3, 0.4) is 0 Å². The molecule has 3 aromatic rings. The van der Waals surface area contributed by atoms with Crippen LogP contribution in [0.4, 0.5) is 28.9 Å². The molecule has 212 valence electrons. The number of fused-ring (bicyclic) bond motifs is 1. The highest BCUT2D eigenvalue weighted by molar-refractivity contribution is 5.67. The number of methoxy groups -OCH3 is 1. The van der Waals surface area contributed by atoms with E-state index >= 15 is 0 Å². The standard InChI is InChI=1S/C29H28F4N2O5/c1-18(35-12-11-19-7-10-23(17-26(19)35)40-29(31,32)33)28(20-5-8-21(30)9-6-20)34-22-14-24(38-2)16-25(15-22)39-13-3-4-27(36)37/h5-10,14-17,28,34H,1,3-4,11-13H2,2H3,(H,36,37). The van der Waals surface area contributed by atoms with Crippen molar-refractivity contribution in [2.75, 3.05) is 30.5 Å². The highest BCUT2D eigenvalue weighted by Gasteiger charge is 2.33. The molecule has 1 heterocycles. The average Bonchev–Trinajstić information content (AvgIpc) is 3.32. The van der Waals surface area contributed by atoms with Crippen LogP contribution >= 0.6 is 0 Å². The van der Waals surface area contributed by atoms with Crippen LogP contribution < -0.4 is 24.4 Å². The zero-order chi connectivity index (χ0) is 28.9. The number of ether oxygens (including phenoxy) is 3. The molecule has 11 heteroatoms. The number of aliphatic carboxylic acids is 1. The van der Waals surface area contributed by atoms with Gasteiger partial charge < -0.3 is 29.5 Å². The van der Waals surface area contributed by atoms with Crippen LogP contribution in [0.15, 0.2) is 72.9 Å². The maximum Gasteiger partial charge on any atom is 0.573 e. The van der Waals surface area contributed by atoms with Gasteiger partial charge in [0, 0.05) is 54.3 Å². The first-order chi connectivity index (χ1) is 19.0. The smallest absolute Gasteiger partial charge is 0.497 e. The second-order valence-corrected chi connectivity index (χ2v) is 9.10. The van der Waals surface area contributed by atoms with Gasteiger partial charge >= 0.3 is 12.3 Å². The molecule has 0 saturated heterocycles. The molecule has 0 radical (unpaired) electrons. The van der Waals surface area contributed by atoms with Crippen LogP contribution in [0.2, 0.25) is 0 Å². The number of anilines is 2. The Morgan fingerprint density at radius 1 is 1.07 bits per heavy atom. The van der Waals surface area contributed by atoms with E-state index < -0.39 is 24.2 Å². The third kappa shape index (κ3) is 7.37. The number of carboxylic acid groups (broad SMARTS) is 1. The number of hydrogen-bond acceptors (Lipinski definition) is 6. The van der Waals surface area contributed by atoms with Crippen LogP contribution in [0.5, 0.6) is 17.2 Å². The molecule has 0 bridgehead atoms. The SMILES string of the molecule is C=C(C(Nc1cc(OC)cc(OCCCC(=O)O)c1)c1ccc(F)cc1)N1CCc2ccc(OC(F)(F)F)cc21. The van der Waals surface area contributed by atoms with Crippen molar-refractivity contribution in [2.24, 2.45) is 0 Å². The molecule has 0 amide bonds. The van der Waals surface area contributed by atoms with Crippen LogP contribution in [-0.2, 0) is 11.2 Å². The Bertz CT molecular complexity index is 1360. The molecular formula is C29H28F4N2O5. The van der Waals surface area contributed by atoms with E-state index in [0.717, 1.165) is 5.56 Å². The maximum absolute atomic E-state index is 13.8. The van der Waals surface area contributed by atoms with Crippen LogP contribution in [0.1, 0.15) is 30.0 Å². The van der Waals surface area contributed by atoms with Gasteiger partial charge in [0.05, 0.1) is 19.8 Å². The van der Waals surface area contributed by atoms with Crippen molar-refractivity contribution < 1.29 is 41.7 Å². The minimum atomic E-state index is -4.83. The Hall–Kier alpha value is -4.41. The molecule has 3 aromatic carbocycles. The van der Waals surface area contributed by atoms with Gasteiger partial charge in [0.25, 0.3) is 0 Å². The van der Waals surface area contributed by atoms with Crippen molar-refractivity contribution in [3.63, 3.8) is 0 Å². The van der Waals surface area contributed by atoms with E-state index in [2.05, 4.69) is 16.6 Å². The third-order valence-corrected chi connectivity index (χ3v) is 6.30. The summed E-state index contributed by atoms with van der Waals surface area (Å²) in [5, 5.41) is 12.2. The van der Waals surface area contributed by atoms with E-state index in [0.29, 0.717) is 53.5 Å². The molecule has 0 saturated carbocycles. The summed E-state index contributed by atoms with van der Waals surface area (Å²) < 4.78 is 67.6. The zero-order valence-electron chi connectivity index (χ0n) is 21.6. The Morgan fingerprint density at radius 3 is 2.48 bits per heavy atom. The molecule has 2 N–H and O–H groups in total. The van der Waals surface area contributed by atoms with Crippen molar-refractivity contribution >= 4 is 17.3 Å². The van der Waals surface area contributed by atoms with Gasteiger partial charge in [0.1, 0.15) is 23.1 Å². The fraction of sp³-hybridized carbons (Fsp3) is 0.276. The highest BCUT2D eigenvalue weighted by atomic mass is 19.4. The first-order valence-electron chi connectivity index (χ1n) is 12.4. The summed E-state index contributed by atoms with van der Waals surface area (Å²) in [7, 11) is 1.49. The Balaban J connectivity index is 1.63. The lowest BCUT2D eigenvalue weighted by atomic mass is 10.0. The topological polar surface area (TPSA) is 80.3 Å². The van der Waals surface area contributed by atoms with Gasteiger partial charge in [-0.15, -0.1) is 13.2 Å². The van der Waals surface area contributed by atoms with Crippen molar-refractivity contribution in [2.45, 2.75) is 31.7 Å². The number of carbonyl (C=O) groups is 1. The Morgan fingerprint density at radius 2 is 1.80 bits per heavy atom. The van der Waals surface area contributed by atoms with Crippen LogP contribution in [-0.4, -0.2) is 37.7 Å². The number of nitrogens with one attached hydrogen (secondary N) is 1. The van der Waals surface area contributed by atoms with Gasteiger partial charge in [0.2, 0.25) is 0 Å². The van der Waals surface area contributed by atoms with Crippen LogP contribution in [0, 0.1) is 5.82 Å². The summed E-state index contributed by atoms with van der Waals surface area (Å²) in [6.45, 7) is 4.92. The summed E-state index contributed by atoms with van der Waals surface area (Å²) in [6, 6.07) is 14.5. The monoisotopic (exact) mass is 560 g/mol. The quantitative estimate of drug-likeness (QED) is 0.188. The zero-order valence-corrected chi connectivity index (χ0v) is 21.6. The first-order valence-corrected chi connectivity index (χ1v) is 12.4. The number of hydrogen-bond donors (Lipinski definition) is 2. The van der Waals surface area contributed by atoms with E-state index in [4.69, 9.17) is 14.6 Å². The van der Waals surface area contributed by atoms with Gasteiger partial charge in [-0.3, -0.25) is 4.79 Å². The van der Waals surface area contributed by atoms with Crippen molar-refractivity contribution in [3.05, 3.63) is 89.9 Å². The fourth-order valence-corrected chi connectivity index (χ4v) is 4.46. The first kappa shape index (κ1) is 28.6. The predicted molar refractivity (Wildman–Crippen MR) is 141 cm³/mol. The van der Waals surface area contributed by atoms with Crippen LogP contribution in [0.25, 0.3) is 0 Å². The summed E-state index contributed by atoms with van der Waals surface area (Å²) in [5.41, 5.74) is 3.12. The van der Waals surface area contributed by atoms with E-state index in [1.807, 2.05) is 4.90 Å². The Kier molecular flexibility index (Phi) is 8.71. The second-order valence-electron chi connectivity index (χ2n) is 9.10. The minimum absolute atomic E-state index is 0.0332. The Labute approximate surface area is 228 Å². The van der Waals surface area contributed by atoms with E-state index in [1.54, 1.807) is 36.4 Å². The lowest BCUT2D eigenvalue weighted by Gasteiger charge is -2.31. The van der Waals surface area contributed by atoms with Crippen molar-refractivity contribution in [1.82, 2.24) is 0 Å². The lowest BCUT2D eigenvalue weighted by Crippen LogP contribution is -2.27. The molecule has 7 nitrogen and oxygen atoms in total. The molecule has 1 atom stereocenters. The largest absolute Gasteiger partial charge is 0.573 e. The van der Waals surface area contributed by atoms with E-state index in [9.17, 15) is 22.4 Å². The predicted octanol–water partition coefficient (Wildman–Crippen LogP) is 6.71.